The van der Waals surface area contributed by atoms with Gasteiger partial charge in [-0.25, -0.2) is 17.6 Å². The first-order valence-electron chi connectivity index (χ1n) is 23.2. The monoisotopic (exact) mass is 1140 g/mol. The molecule has 6 aromatic rings. The SMILES string of the molecule is CN[C@@H](C)[C@H](O)c1ccccc1.CN[C@H](C)[C@@H](O)c1ccccc1.O=S(=O)(O)c1ccc(N2N=C(C(F)(F)F)C[C@@H]2c2ccc(F)cc2F)cc1.O=S(=O)(O)c1ccc(N2N=C(C(F)(F)F)C[C@@H]2c2ccc(F)cc2F)cc1. The Kier molecular flexibility index (Phi) is 20.9. The molecular weight excluding hydrogens is 1090 g/mol. The fourth-order valence-corrected chi connectivity index (χ4v) is 8.56. The first-order chi connectivity index (χ1) is 36.4. The fraction of sp³-hybridized carbons (Fsp3) is 0.269. The Morgan fingerprint density at radius 3 is 1.08 bits per heavy atom. The highest BCUT2D eigenvalue weighted by Crippen LogP contribution is 2.42. The number of hydrogen-bond donors (Lipinski definition) is 6. The minimum Gasteiger partial charge on any atom is -0.387 e. The molecule has 0 saturated heterocycles. The average molecular weight is 1140 g/mol. The number of hydrazone groups is 2. The molecule has 2 heterocycles. The van der Waals surface area contributed by atoms with Gasteiger partial charge in [0.25, 0.3) is 20.2 Å². The molecule has 26 heteroatoms. The number of benzene rings is 6. The lowest BCUT2D eigenvalue weighted by Gasteiger charge is -2.24. The molecule has 0 spiro atoms. The molecule has 6 N–H and O–H groups in total. The summed E-state index contributed by atoms with van der Waals surface area (Å²) in [5.74, 6) is -3.82. The number of alkyl halides is 6. The van der Waals surface area contributed by atoms with Gasteiger partial charge in [-0.3, -0.25) is 19.1 Å². The normalized spacial score (nSPS) is 17.2. The molecule has 0 fully saturated rings. The highest BCUT2D eigenvalue weighted by molar-refractivity contribution is 7.86. The summed E-state index contributed by atoms with van der Waals surface area (Å²) < 4.78 is 195. The number of nitrogens with zero attached hydrogens (tertiary/aromatic N) is 4. The molecule has 8 rings (SSSR count). The van der Waals surface area contributed by atoms with Crippen LogP contribution in [-0.4, -0.2) is 86.1 Å². The van der Waals surface area contributed by atoms with E-state index in [1.54, 1.807) is 0 Å². The lowest BCUT2D eigenvalue weighted by Crippen LogP contribution is -2.28. The Morgan fingerprint density at radius 1 is 0.513 bits per heavy atom. The number of likely N-dealkylation sites (N-methyl/N-ethyl adjacent to an activating group) is 2. The molecule has 0 unspecified atom stereocenters. The number of aliphatic hydroxyl groups is 2. The fourth-order valence-electron chi connectivity index (χ4n) is 7.60. The van der Waals surface area contributed by atoms with Crippen LogP contribution in [0.1, 0.15) is 73.2 Å². The van der Waals surface area contributed by atoms with Gasteiger partial charge in [0, 0.05) is 48.2 Å². The van der Waals surface area contributed by atoms with Crippen molar-refractivity contribution in [2.75, 3.05) is 24.1 Å². The third-order valence-corrected chi connectivity index (χ3v) is 13.8. The van der Waals surface area contributed by atoms with Crippen LogP contribution in [0.15, 0.2) is 166 Å². The molecule has 0 aromatic heterocycles. The molecule has 6 atom stereocenters. The average Bonchev–Trinajstić information content (AvgIpc) is 4.15. The van der Waals surface area contributed by atoms with E-state index in [1.165, 1.54) is 0 Å². The Hall–Kier alpha value is -6.78. The number of nitrogens with one attached hydrogen (secondary N) is 2. The minimum absolute atomic E-state index is 0.0374. The smallest absolute Gasteiger partial charge is 0.387 e. The number of rotatable bonds is 12. The molecule has 0 aliphatic carbocycles. The largest absolute Gasteiger partial charge is 0.431 e. The number of halogens is 10. The van der Waals surface area contributed by atoms with E-state index in [4.69, 9.17) is 9.11 Å². The summed E-state index contributed by atoms with van der Waals surface area (Å²) in [7, 11) is -5.29. The van der Waals surface area contributed by atoms with E-state index in [2.05, 4.69) is 20.8 Å². The second-order valence-corrected chi connectivity index (χ2v) is 20.2. The molecule has 0 bridgehead atoms. The van der Waals surface area contributed by atoms with E-state index >= 15 is 0 Å². The van der Waals surface area contributed by atoms with Gasteiger partial charge in [-0.2, -0.15) is 53.4 Å². The predicted octanol–water partition coefficient (Wildman–Crippen LogP) is 10.8. The predicted molar refractivity (Wildman–Crippen MR) is 272 cm³/mol. The van der Waals surface area contributed by atoms with E-state index in [-0.39, 0.29) is 34.6 Å². The Bertz CT molecular complexity index is 3020. The maximum absolute atomic E-state index is 14.1. The highest BCUT2D eigenvalue weighted by atomic mass is 32.2. The number of hydrogen-bond acceptors (Lipinski definition) is 12. The molecule has 78 heavy (non-hydrogen) atoms. The molecule has 2 aliphatic heterocycles. The zero-order valence-electron chi connectivity index (χ0n) is 41.5. The van der Waals surface area contributed by atoms with Gasteiger partial charge >= 0.3 is 12.4 Å². The Labute approximate surface area is 442 Å². The van der Waals surface area contributed by atoms with Crippen LogP contribution < -0.4 is 20.7 Å². The number of anilines is 2. The summed E-state index contributed by atoms with van der Waals surface area (Å²) in [4.78, 5) is -0.926. The van der Waals surface area contributed by atoms with Gasteiger partial charge in [0.05, 0.1) is 45.5 Å². The zero-order chi connectivity index (χ0) is 57.9. The van der Waals surface area contributed by atoms with Crippen LogP contribution in [0.25, 0.3) is 0 Å². The second kappa shape index (κ2) is 26.2. The summed E-state index contributed by atoms with van der Waals surface area (Å²) in [6.45, 7) is 3.91. The Balaban J connectivity index is 0.000000205. The highest BCUT2D eigenvalue weighted by Gasteiger charge is 2.45. The van der Waals surface area contributed by atoms with Crippen LogP contribution in [0.3, 0.4) is 0 Å². The lowest BCUT2D eigenvalue weighted by molar-refractivity contribution is -0.0608. The van der Waals surface area contributed by atoms with Gasteiger partial charge < -0.3 is 20.8 Å². The van der Waals surface area contributed by atoms with Crippen molar-refractivity contribution in [2.24, 2.45) is 10.2 Å². The van der Waals surface area contributed by atoms with Crippen LogP contribution in [-0.2, 0) is 20.2 Å². The van der Waals surface area contributed by atoms with Crippen molar-refractivity contribution in [3.63, 3.8) is 0 Å². The number of aliphatic hydroxyl groups excluding tert-OH is 2. The van der Waals surface area contributed by atoms with Crippen LogP contribution in [0.4, 0.5) is 55.3 Å². The van der Waals surface area contributed by atoms with E-state index in [9.17, 15) is 71.0 Å². The van der Waals surface area contributed by atoms with E-state index in [1.807, 2.05) is 88.6 Å². The van der Waals surface area contributed by atoms with Crippen molar-refractivity contribution in [2.45, 2.75) is 85.2 Å². The minimum atomic E-state index is -4.75. The zero-order valence-corrected chi connectivity index (χ0v) is 43.2. The molecule has 2 aliphatic rings. The second-order valence-electron chi connectivity index (χ2n) is 17.4. The Morgan fingerprint density at radius 2 is 0.821 bits per heavy atom. The van der Waals surface area contributed by atoms with Crippen molar-refractivity contribution in [3.8, 4) is 0 Å². The van der Waals surface area contributed by atoms with E-state index in [0.717, 1.165) is 93.9 Å². The van der Waals surface area contributed by atoms with Gasteiger partial charge in [-0.05, 0) is 99.7 Å². The van der Waals surface area contributed by atoms with Gasteiger partial charge in [-0.1, -0.05) is 72.8 Å². The van der Waals surface area contributed by atoms with Gasteiger partial charge in [0.2, 0.25) is 0 Å². The summed E-state index contributed by atoms with van der Waals surface area (Å²) in [5.41, 5.74) is -0.717. The summed E-state index contributed by atoms with van der Waals surface area (Å²) in [6.07, 6.45) is -11.7. The maximum Gasteiger partial charge on any atom is 0.431 e. The third-order valence-electron chi connectivity index (χ3n) is 12.1. The quantitative estimate of drug-likeness (QED) is 0.0500. The summed E-state index contributed by atoms with van der Waals surface area (Å²) in [6, 6.07) is 30.5. The van der Waals surface area contributed by atoms with E-state index in [0.29, 0.717) is 12.1 Å². The lowest BCUT2D eigenvalue weighted by atomic mass is 10.0. The van der Waals surface area contributed by atoms with Crippen LogP contribution in [0.2, 0.25) is 0 Å². The van der Waals surface area contributed by atoms with Crippen LogP contribution in [0.5, 0.6) is 0 Å². The van der Waals surface area contributed by atoms with Crippen LogP contribution >= 0.6 is 0 Å². The molecule has 420 valence electrons. The molecule has 0 amide bonds. The molecule has 0 saturated carbocycles. The third kappa shape index (κ3) is 16.6. The van der Waals surface area contributed by atoms with Crippen molar-refractivity contribution < 1.29 is 80.1 Å². The standard InChI is InChI=1S/2C16H11F5N2O3S.2C10H15NO/c2*17-9-1-6-12(13(18)7-9)14-8-15(16(19,20)21)22-23(14)10-2-4-11(5-3-10)27(24,25)26;2*1-8(11-2)10(12)9-6-4-3-5-7-9/h2*1-7,14H,8H2,(H,24,25,26);2*3-8,10-12H,1-2H3/t2*14-;2*8-,10-/m1110/s1. The first-order valence-corrected chi connectivity index (χ1v) is 26.1. The topological polar surface area (TPSA) is 204 Å². The molecule has 14 nitrogen and oxygen atoms in total. The van der Waals surface area contributed by atoms with Gasteiger partial charge in [-0.15, -0.1) is 0 Å². The van der Waals surface area contributed by atoms with Gasteiger partial charge in [0.15, 0.2) is 0 Å². The van der Waals surface area contributed by atoms with Crippen molar-refractivity contribution in [1.82, 2.24) is 10.6 Å². The van der Waals surface area contributed by atoms with E-state index < -0.39 is 114 Å². The van der Waals surface area contributed by atoms with Crippen LogP contribution in [0, 0.1) is 23.3 Å². The maximum atomic E-state index is 14.1. The first kappa shape index (κ1) is 62.1. The summed E-state index contributed by atoms with van der Waals surface area (Å²) in [5, 5.41) is 34.2. The van der Waals surface area contributed by atoms with Gasteiger partial charge in [0.1, 0.15) is 34.7 Å². The summed E-state index contributed by atoms with van der Waals surface area (Å²) >= 11 is 0. The van der Waals surface area contributed by atoms with Crippen molar-refractivity contribution in [3.05, 3.63) is 191 Å². The van der Waals surface area contributed by atoms with Crippen molar-refractivity contribution in [1.29, 1.82) is 0 Å². The molecule has 6 aromatic carbocycles. The molecule has 0 radical (unpaired) electrons. The van der Waals surface area contributed by atoms with Crippen molar-refractivity contribution >= 4 is 43.0 Å². The molecular formula is C52H52F10N6O8S2.